The maximum Gasteiger partial charge on any atom is 0.347 e. The van der Waals surface area contributed by atoms with Gasteiger partial charge in [-0.1, -0.05) is 18.2 Å². The van der Waals surface area contributed by atoms with E-state index in [-0.39, 0.29) is 25.4 Å². The smallest absolute Gasteiger partial charge is 0.347 e. The zero-order valence-corrected chi connectivity index (χ0v) is 15.5. The Bertz CT molecular complexity index is 763. The Kier molecular flexibility index (Phi) is 7.63. The molecule has 2 rings (SSSR count). The molecule has 0 aliphatic carbocycles. The maximum absolute atomic E-state index is 12.3. The van der Waals surface area contributed by atoms with Crippen molar-refractivity contribution in [2.45, 2.75) is 20.3 Å². The van der Waals surface area contributed by atoms with Crippen LogP contribution in [0.25, 0.3) is 0 Å². The van der Waals surface area contributed by atoms with Crippen LogP contribution < -0.4 is 4.90 Å². The number of aliphatic hydroxyl groups excluding tert-OH is 1. The van der Waals surface area contributed by atoms with Crippen LogP contribution in [0.3, 0.4) is 0 Å². The van der Waals surface area contributed by atoms with Gasteiger partial charge in [-0.15, -0.1) is 0 Å². The van der Waals surface area contributed by atoms with E-state index in [1.165, 1.54) is 6.20 Å². The summed E-state index contributed by atoms with van der Waals surface area (Å²) in [6, 6.07) is 11.1. The molecule has 1 aromatic heterocycles. The Morgan fingerprint density at radius 2 is 1.74 bits per heavy atom. The molecule has 0 saturated heterocycles. The van der Waals surface area contributed by atoms with E-state index in [0.29, 0.717) is 12.2 Å². The Hall–Kier alpha value is -3.06. The number of nitrogens with one attached hydrogen (secondary N) is 1. The molecule has 0 aliphatic rings. The number of rotatable bonds is 9. The van der Waals surface area contributed by atoms with Crippen LogP contribution in [-0.2, 0) is 25.5 Å². The summed E-state index contributed by atoms with van der Waals surface area (Å²) < 4.78 is 10.0. The minimum Gasteiger partial charge on any atom is -0.462 e. The third-order valence-corrected chi connectivity index (χ3v) is 3.67. The third kappa shape index (κ3) is 5.46. The molecule has 0 amide bonds. The number of carbonyl (C=O) groups is 2. The minimum atomic E-state index is -0.751. The lowest BCUT2D eigenvalue weighted by Crippen LogP contribution is -2.22. The number of hydrogen-bond donors (Lipinski definition) is 2. The van der Waals surface area contributed by atoms with Crippen LogP contribution in [0.15, 0.2) is 54.4 Å². The molecule has 0 unspecified atom stereocenters. The van der Waals surface area contributed by atoms with Gasteiger partial charge in [-0.2, -0.15) is 0 Å². The van der Waals surface area contributed by atoms with Gasteiger partial charge in [0, 0.05) is 24.7 Å². The van der Waals surface area contributed by atoms with Gasteiger partial charge in [-0.05, 0) is 44.0 Å². The monoisotopic (exact) mass is 372 g/mol. The number of para-hydroxylation sites is 1. The number of carbonyl (C=O) groups excluding carboxylic acids is 2. The summed E-state index contributed by atoms with van der Waals surface area (Å²) >= 11 is 0. The molecule has 0 radical (unpaired) electrons. The first-order valence-electron chi connectivity index (χ1n) is 8.79. The molecule has 0 saturated carbocycles. The zero-order chi connectivity index (χ0) is 19.6. The number of aliphatic hydroxyl groups is 1. The number of anilines is 2. The van der Waals surface area contributed by atoms with Crippen LogP contribution in [0.4, 0.5) is 11.5 Å². The van der Waals surface area contributed by atoms with Gasteiger partial charge in [0.2, 0.25) is 0 Å². The predicted molar refractivity (Wildman–Crippen MR) is 102 cm³/mol. The maximum atomic E-state index is 12.3. The van der Waals surface area contributed by atoms with E-state index in [4.69, 9.17) is 14.6 Å². The molecular formula is C20H24N2O5. The van der Waals surface area contributed by atoms with Gasteiger partial charge in [0.25, 0.3) is 0 Å². The van der Waals surface area contributed by atoms with Crippen molar-refractivity contribution in [3.63, 3.8) is 0 Å². The van der Waals surface area contributed by atoms with E-state index < -0.39 is 11.9 Å². The van der Waals surface area contributed by atoms with Crippen molar-refractivity contribution < 1.29 is 24.2 Å². The molecule has 0 atom stereocenters. The number of H-pyrrole nitrogens is 1. The number of aromatic nitrogens is 1. The van der Waals surface area contributed by atoms with Gasteiger partial charge >= 0.3 is 11.9 Å². The molecule has 27 heavy (non-hydrogen) atoms. The van der Waals surface area contributed by atoms with Gasteiger partial charge in [0.1, 0.15) is 5.82 Å². The predicted octanol–water partition coefficient (Wildman–Crippen LogP) is 2.70. The Labute approximate surface area is 158 Å². The average molecular weight is 372 g/mol. The van der Waals surface area contributed by atoms with Crippen molar-refractivity contribution in [2.24, 2.45) is 0 Å². The van der Waals surface area contributed by atoms with Crippen molar-refractivity contribution in [3.05, 3.63) is 59.9 Å². The van der Waals surface area contributed by atoms with Crippen LogP contribution >= 0.6 is 0 Å². The molecule has 1 heterocycles. The highest BCUT2D eigenvalue weighted by Crippen LogP contribution is 2.26. The molecule has 0 spiro atoms. The standard InChI is InChI=1S/C20H24N2O5/c1-3-26-19(24)17(20(25)27-4-2)14-22(16-8-6-5-7-9-16)18-12-15(10-11-23)13-21-18/h5-9,12-14,21,23H,3-4,10-11H2,1-2H3. The summed E-state index contributed by atoms with van der Waals surface area (Å²) in [5, 5.41) is 9.13. The number of ether oxygens (including phenoxy) is 2. The fourth-order valence-corrected chi connectivity index (χ4v) is 2.45. The van der Waals surface area contributed by atoms with Gasteiger partial charge < -0.3 is 24.5 Å². The van der Waals surface area contributed by atoms with Crippen LogP contribution in [0.2, 0.25) is 0 Å². The number of benzene rings is 1. The quantitative estimate of drug-likeness (QED) is 0.304. The van der Waals surface area contributed by atoms with E-state index in [1.54, 1.807) is 24.9 Å². The lowest BCUT2D eigenvalue weighted by Gasteiger charge is -2.20. The number of nitrogens with zero attached hydrogens (tertiary/aromatic N) is 1. The molecule has 7 nitrogen and oxygen atoms in total. The number of esters is 2. The molecule has 7 heteroatoms. The van der Waals surface area contributed by atoms with Crippen molar-refractivity contribution in [3.8, 4) is 0 Å². The molecule has 2 aromatic rings. The second kappa shape index (κ2) is 10.2. The molecule has 0 bridgehead atoms. The average Bonchev–Trinajstić information content (AvgIpc) is 3.12. The minimum absolute atomic E-state index is 0.0232. The summed E-state index contributed by atoms with van der Waals surface area (Å²) in [4.78, 5) is 29.4. The molecular weight excluding hydrogens is 348 g/mol. The molecule has 2 N–H and O–H groups in total. The Morgan fingerprint density at radius 3 is 2.30 bits per heavy atom. The molecule has 144 valence electrons. The van der Waals surface area contributed by atoms with Crippen LogP contribution in [-0.4, -0.2) is 41.8 Å². The lowest BCUT2D eigenvalue weighted by atomic mass is 10.2. The highest BCUT2D eigenvalue weighted by Gasteiger charge is 2.23. The second-order valence-electron chi connectivity index (χ2n) is 5.56. The number of hydrogen-bond acceptors (Lipinski definition) is 6. The van der Waals surface area contributed by atoms with E-state index >= 15 is 0 Å². The van der Waals surface area contributed by atoms with Gasteiger partial charge in [0.05, 0.1) is 13.2 Å². The highest BCUT2D eigenvalue weighted by atomic mass is 16.6. The first-order chi connectivity index (χ1) is 13.1. The van der Waals surface area contributed by atoms with Crippen molar-refractivity contribution in [2.75, 3.05) is 24.7 Å². The van der Waals surface area contributed by atoms with Gasteiger partial charge in [-0.3, -0.25) is 0 Å². The Balaban J connectivity index is 2.50. The van der Waals surface area contributed by atoms with E-state index in [0.717, 1.165) is 11.3 Å². The fourth-order valence-electron chi connectivity index (χ4n) is 2.45. The van der Waals surface area contributed by atoms with Crippen LogP contribution in [0.5, 0.6) is 0 Å². The van der Waals surface area contributed by atoms with Crippen molar-refractivity contribution in [1.29, 1.82) is 0 Å². The van der Waals surface area contributed by atoms with E-state index in [2.05, 4.69) is 4.98 Å². The molecule has 0 fully saturated rings. The number of aromatic amines is 1. The lowest BCUT2D eigenvalue weighted by molar-refractivity contribution is -0.146. The summed E-state index contributed by atoms with van der Waals surface area (Å²) in [7, 11) is 0. The normalized spacial score (nSPS) is 10.2. The van der Waals surface area contributed by atoms with Gasteiger partial charge in [0.15, 0.2) is 5.57 Å². The summed E-state index contributed by atoms with van der Waals surface area (Å²) in [5.74, 6) is -0.867. The van der Waals surface area contributed by atoms with Crippen LogP contribution in [0, 0.1) is 0 Å². The molecule has 0 aliphatic heterocycles. The SMILES string of the molecule is CCOC(=O)C(=CN(c1ccccc1)c1cc(CCO)c[nH]1)C(=O)OCC. The van der Waals surface area contributed by atoms with Crippen molar-refractivity contribution in [1.82, 2.24) is 4.98 Å². The van der Waals surface area contributed by atoms with E-state index in [1.807, 2.05) is 36.4 Å². The fraction of sp³-hybridized carbons (Fsp3) is 0.300. The largest absolute Gasteiger partial charge is 0.462 e. The first-order valence-corrected chi connectivity index (χ1v) is 8.79. The summed E-state index contributed by atoms with van der Waals surface area (Å²) in [6.07, 6.45) is 3.66. The van der Waals surface area contributed by atoms with Crippen LogP contribution in [0.1, 0.15) is 19.4 Å². The summed E-state index contributed by atoms with van der Waals surface area (Å²) in [5.41, 5.74) is 1.43. The zero-order valence-electron chi connectivity index (χ0n) is 15.5. The highest BCUT2D eigenvalue weighted by molar-refractivity contribution is 6.14. The third-order valence-electron chi connectivity index (χ3n) is 3.67. The Morgan fingerprint density at radius 1 is 1.11 bits per heavy atom. The van der Waals surface area contributed by atoms with Gasteiger partial charge in [-0.25, -0.2) is 9.59 Å². The summed E-state index contributed by atoms with van der Waals surface area (Å²) in [6.45, 7) is 3.65. The topological polar surface area (TPSA) is 91.9 Å². The van der Waals surface area contributed by atoms with Crippen molar-refractivity contribution >= 4 is 23.4 Å². The first kappa shape index (κ1) is 20.3. The molecule has 1 aromatic carbocycles. The second-order valence-corrected chi connectivity index (χ2v) is 5.56. The van der Waals surface area contributed by atoms with E-state index in [9.17, 15) is 9.59 Å².